The van der Waals surface area contributed by atoms with Gasteiger partial charge in [-0.25, -0.2) is 0 Å². The second-order valence-corrected chi connectivity index (χ2v) is 5.59. The van der Waals surface area contributed by atoms with Crippen molar-refractivity contribution >= 4 is 27.5 Å². The van der Waals surface area contributed by atoms with Crippen LogP contribution in [0.1, 0.15) is 6.92 Å². The van der Waals surface area contributed by atoms with Gasteiger partial charge >= 0.3 is 0 Å². The molecule has 0 aliphatic carbocycles. The Bertz CT molecular complexity index is 475. The first-order valence-electron chi connectivity index (χ1n) is 6.00. The van der Waals surface area contributed by atoms with Crippen molar-refractivity contribution in [3.63, 3.8) is 0 Å². The molecule has 1 aliphatic rings. The molecule has 1 heterocycles. The maximum Gasteiger partial charge on any atom is 0.250 e. The highest BCUT2D eigenvalue weighted by atomic mass is 79.9. The van der Waals surface area contributed by atoms with Crippen molar-refractivity contribution in [1.82, 2.24) is 5.32 Å². The Labute approximate surface area is 120 Å². The van der Waals surface area contributed by atoms with Crippen molar-refractivity contribution in [3.8, 4) is 5.75 Å². The number of hydrogen-bond acceptors (Lipinski definition) is 4. The summed E-state index contributed by atoms with van der Waals surface area (Å²) in [6.45, 7) is 3.59. The van der Waals surface area contributed by atoms with Crippen molar-refractivity contribution in [2.45, 2.75) is 12.5 Å². The Morgan fingerprint density at radius 2 is 2.26 bits per heavy atom. The van der Waals surface area contributed by atoms with Crippen molar-refractivity contribution < 1.29 is 14.3 Å². The first-order chi connectivity index (χ1) is 9.02. The van der Waals surface area contributed by atoms with Crippen LogP contribution in [0.25, 0.3) is 0 Å². The Morgan fingerprint density at radius 3 is 2.84 bits per heavy atom. The maximum atomic E-state index is 11.8. The molecule has 5 nitrogen and oxygen atoms in total. The van der Waals surface area contributed by atoms with Crippen LogP contribution in [0, 0.1) is 0 Å². The second kappa shape index (κ2) is 5.90. The van der Waals surface area contributed by atoms with E-state index in [9.17, 15) is 4.79 Å². The Morgan fingerprint density at radius 1 is 1.53 bits per heavy atom. The molecular weight excluding hydrogens is 312 g/mol. The number of carbonyl (C=O) groups is 1. The van der Waals surface area contributed by atoms with Gasteiger partial charge < -0.3 is 20.1 Å². The molecule has 0 spiro atoms. The van der Waals surface area contributed by atoms with Gasteiger partial charge in [0.2, 0.25) is 5.91 Å². The lowest BCUT2D eigenvalue weighted by Gasteiger charge is -2.38. The lowest BCUT2D eigenvalue weighted by molar-refractivity contribution is -0.130. The summed E-state index contributed by atoms with van der Waals surface area (Å²) in [7, 11) is 1.59. The van der Waals surface area contributed by atoms with Gasteiger partial charge in [-0.2, -0.15) is 0 Å². The first kappa shape index (κ1) is 14.3. The van der Waals surface area contributed by atoms with E-state index in [1.165, 1.54) is 0 Å². The molecule has 0 unspecified atom stereocenters. The predicted molar refractivity (Wildman–Crippen MR) is 76.6 cm³/mol. The van der Waals surface area contributed by atoms with Crippen LogP contribution in [0.5, 0.6) is 5.75 Å². The minimum atomic E-state index is -0.219. The summed E-state index contributed by atoms with van der Waals surface area (Å²) in [6, 6.07) is 5.40. The van der Waals surface area contributed by atoms with Crippen LogP contribution < -0.4 is 15.4 Å². The average molecular weight is 329 g/mol. The Hall–Kier alpha value is -1.11. The third-order valence-electron chi connectivity index (χ3n) is 3.00. The van der Waals surface area contributed by atoms with E-state index in [-0.39, 0.29) is 18.1 Å². The van der Waals surface area contributed by atoms with Crippen LogP contribution in [0.2, 0.25) is 0 Å². The van der Waals surface area contributed by atoms with Gasteiger partial charge in [0, 0.05) is 23.6 Å². The standard InChI is InChI=1S/C13H17BrN2O3/c1-13(7-15-8-13)19-6-12(17)16-11-5-9(18-2)3-4-10(11)14/h3-5,15H,6-8H2,1-2H3,(H,16,17). The Kier molecular flexibility index (Phi) is 4.44. The van der Waals surface area contributed by atoms with Gasteiger partial charge in [0.1, 0.15) is 12.4 Å². The smallest absolute Gasteiger partial charge is 0.250 e. The second-order valence-electron chi connectivity index (χ2n) is 4.74. The molecule has 2 N–H and O–H groups in total. The summed E-state index contributed by atoms with van der Waals surface area (Å²) in [4.78, 5) is 11.8. The lowest BCUT2D eigenvalue weighted by Crippen LogP contribution is -2.59. The zero-order valence-electron chi connectivity index (χ0n) is 11.0. The number of methoxy groups -OCH3 is 1. The van der Waals surface area contributed by atoms with E-state index in [1.54, 1.807) is 13.2 Å². The first-order valence-corrected chi connectivity index (χ1v) is 6.80. The number of benzene rings is 1. The third kappa shape index (κ3) is 3.68. The zero-order chi connectivity index (χ0) is 13.9. The highest BCUT2D eigenvalue weighted by molar-refractivity contribution is 9.10. The van der Waals surface area contributed by atoms with E-state index in [0.717, 1.165) is 17.6 Å². The molecule has 19 heavy (non-hydrogen) atoms. The molecule has 1 fully saturated rings. The SMILES string of the molecule is COc1ccc(Br)c(NC(=O)COC2(C)CNC2)c1. The molecule has 1 saturated heterocycles. The van der Waals surface area contributed by atoms with Gasteiger partial charge in [0.05, 0.1) is 18.4 Å². The van der Waals surface area contributed by atoms with E-state index in [1.807, 2.05) is 19.1 Å². The lowest BCUT2D eigenvalue weighted by atomic mass is 10.0. The minimum Gasteiger partial charge on any atom is -0.497 e. The minimum absolute atomic E-state index is 0.0435. The average Bonchev–Trinajstić information content (AvgIpc) is 2.37. The summed E-state index contributed by atoms with van der Waals surface area (Å²) in [5.41, 5.74) is 0.452. The molecule has 0 saturated carbocycles. The Balaban J connectivity index is 1.91. The summed E-state index contributed by atoms with van der Waals surface area (Å²) in [5, 5.41) is 5.91. The number of anilines is 1. The van der Waals surface area contributed by atoms with Crippen LogP contribution in [0.15, 0.2) is 22.7 Å². The summed E-state index contributed by atoms with van der Waals surface area (Å²) < 4.78 is 11.5. The molecule has 0 bridgehead atoms. The van der Waals surface area contributed by atoms with Gasteiger partial charge in [0.25, 0.3) is 0 Å². The van der Waals surface area contributed by atoms with E-state index < -0.39 is 0 Å². The quantitative estimate of drug-likeness (QED) is 0.864. The number of nitrogens with one attached hydrogen (secondary N) is 2. The highest BCUT2D eigenvalue weighted by Crippen LogP contribution is 2.27. The van der Waals surface area contributed by atoms with Crippen LogP contribution in [-0.2, 0) is 9.53 Å². The summed E-state index contributed by atoms with van der Waals surface area (Å²) >= 11 is 3.38. The number of rotatable bonds is 5. The van der Waals surface area contributed by atoms with Crippen LogP contribution in [0.4, 0.5) is 5.69 Å². The molecule has 1 aliphatic heterocycles. The molecule has 1 aromatic carbocycles. The fraction of sp³-hybridized carbons (Fsp3) is 0.462. The normalized spacial score (nSPS) is 16.6. The predicted octanol–water partition coefficient (Wildman–Crippen LogP) is 1.77. The molecule has 1 aromatic rings. The summed E-state index contributed by atoms with van der Waals surface area (Å²) in [6.07, 6.45) is 0. The van der Waals surface area contributed by atoms with Gasteiger partial charge in [0.15, 0.2) is 0 Å². The topological polar surface area (TPSA) is 59.6 Å². The number of hydrogen-bond donors (Lipinski definition) is 2. The van der Waals surface area contributed by atoms with Crippen molar-refractivity contribution in [1.29, 1.82) is 0 Å². The molecule has 0 radical (unpaired) electrons. The molecular formula is C13H17BrN2O3. The van der Waals surface area contributed by atoms with Crippen molar-refractivity contribution in [3.05, 3.63) is 22.7 Å². The van der Waals surface area contributed by atoms with Crippen LogP contribution >= 0.6 is 15.9 Å². The van der Waals surface area contributed by atoms with Gasteiger partial charge in [-0.15, -0.1) is 0 Å². The van der Waals surface area contributed by atoms with Crippen LogP contribution in [-0.4, -0.2) is 38.3 Å². The fourth-order valence-electron chi connectivity index (χ4n) is 1.73. The van der Waals surface area contributed by atoms with Crippen LogP contribution in [0.3, 0.4) is 0 Å². The molecule has 0 atom stereocenters. The van der Waals surface area contributed by atoms with E-state index >= 15 is 0 Å². The van der Waals surface area contributed by atoms with E-state index in [0.29, 0.717) is 11.4 Å². The molecule has 2 rings (SSSR count). The zero-order valence-corrected chi connectivity index (χ0v) is 12.5. The third-order valence-corrected chi connectivity index (χ3v) is 3.69. The molecule has 1 amide bonds. The monoisotopic (exact) mass is 328 g/mol. The number of ether oxygens (including phenoxy) is 2. The van der Waals surface area contributed by atoms with E-state index in [2.05, 4.69) is 26.6 Å². The largest absolute Gasteiger partial charge is 0.497 e. The van der Waals surface area contributed by atoms with Crippen molar-refractivity contribution in [2.75, 3.05) is 32.1 Å². The highest BCUT2D eigenvalue weighted by Gasteiger charge is 2.33. The van der Waals surface area contributed by atoms with Gasteiger partial charge in [-0.1, -0.05) is 0 Å². The number of halogens is 1. The molecule has 6 heteroatoms. The number of carbonyl (C=O) groups excluding carboxylic acids is 1. The molecule has 104 valence electrons. The van der Waals surface area contributed by atoms with Gasteiger partial charge in [-0.3, -0.25) is 4.79 Å². The fourth-order valence-corrected chi connectivity index (χ4v) is 2.08. The van der Waals surface area contributed by atoms with Gasteiger partial charge in [-0.05, 0) is 35.0 Å². The van der Waals surface area contributed by atoms with E-state index in [4.69, 9.17) is 9.47 Å². The summed E-state index contributed by atoms with van der Waals surface area (Å²) in [5.74, 6) is 0.511. The maximum absolute atomic E-state index is 11.8. The molecule has 0 aromatic heterocycles. The van der Waals surface area contributed by atoms with Crippen molar-refractivity contribution in [2.24, 2.45) is 0 Å². The number of amides is 1.